The first kappa shape index (κ1) is 14.9. The lowest BCUT2D eigenvalue weighted by Gasteiger charge is -2.17. The van der Waals surface area contributed by atoms with Crippen LogP contribution in [-0.4, -0.2) is 58.4 Å². The second kappa shape index (κ2) is 8.09. The van der Waals surface area contributed by atoms with E-state index in [0.29, 0.717) is 25.3 Å². The molecule has 0 saturated heterocycles. The predicted molar refractivity (Wildman–Crippen MR) is 61.8 cm³/mol. The maximum atomic E-state index is 11.4. The summed E-state index contributed by atoms with van der Waals surface area (Å²) >= 11 is 0. The number of carboxylic acids is 1. The highest BCUT2D eigenvalue weighted by Crippen LogP contribution is 1.93. The molecule has 0 aromatic carbocycles. The van der Waals surface area contributed by atoms with Crippen molar-refractivity contribution in [1.29, 1.82) is 0 Å². The Labute approximate surface area is 97.5 Å². The van der Waals surface area contributed by atoms with Crippen LogP contribution in [0.1, 0.15) is 12.8 Å². The molecule has 2 amide bonds. The van der Waals surface area contributed by atoms with E-state index in [2.05, 4.69) is 5.32 Å². The van der Waals surface area contributed by atoms with Gasteiger partial charge in [0.1, 0.15) is 0 Å². The van der Waals surface area contributed by atoms with E-state index in [1.165, 1.54) is 4.90 Å². The number of hydrogen-bond donors (Lipinski definition) is 2. The Morgan fingerprint density at radius 3 is 2.56 bits per heavy atom. The molecule has 0 aromatic rings. The molecule has 0 aromatic heterocycles. The Bertz CT molecular complexity index is 270. The number of carbonyl (C=O) groups excluding carboxylic acids is 1. The second-order valence-electron chi connectivity index (χ2n) is 3.43. The molecule has 6 nitrogen and oxygen atoms in total. The molecule has 0 aliphatic carbocycles. The van der Waals surface area contributed by atoms with Gasteiger partial charge in [-0.05, 0) is 6.42 Å². The van der Waals surface area contributed by atoms with Gasteiger partial charge in [0, 0.05) is 49.4 Å². The third-order valence-electron chi connectivity index (χ3n) is 1.90. The lowest BCUT2D eigenvalue weighted by atomic mass is 10.3. The van der Waals surface area contributed by atoms with E-state index in [4.69, 9.17) is 5.11 Å². The van der Waals surface area contributed by atoms with E-state index in [1.54, 1.807) is 13.3 Å². The Morgan fingerprint density at radius 2 is 2.06 bits per heavy atom. The van der Waals surface area contributed by atoms with Crippen LogP contribution in [-0.2, 0) is 15.6 Å². The molecule has 0 bridgehead atoms. The number of nitrogens with one attached hydrogen (secondary N) is 1. The van der Waals surface area contributed by atoms with Crippen molar-refractivity contribution in [2.45, 2.75) is 12.8 Å². The molecule has 0 fully saturated rings. The van der Waals surface area contributed by atoms with Crippen LogP contribution in [0.4, 0.5) is 4.79 Å². The summed E-state index contributed by atoms with van der Waals surface area (Å²) in [6, 6.07) is -0.268. The molecule has 1 atom stereocenters. The van der Waals surface area contributed by atoms with E-state index < -0.39 is 16.8 Å². The fourth-order valence-corrected chi connectivity index (χ4v) is 1.40. The van der Waals surface area contributed by atoms with Gasteiger partial charge in [-0.3, -0.25) is 9.00 Å². The first-order valence-corrected chi connectivity index (χ1v) is 6.67. The van der Waals surface area contributed by atoms with E-state index >= 15 is 0 Å². The molecule has 0 aliphatic heterocycles. The topological polar surface area (TPSA) is 86.7 Å². The molecule has 0 aliphatic rings. The minimum absolute atomic E-state index is 0.0522. The molecule has 0 heterocycles. The van der Waals surface area contributed by atoms with Crippen molar-refractivity contribution in [1.82, 2.24) is 10.2 Å². The molecule has 0 spiro atoms. The van der Waals surface area contributed by atoms with Gasteiger partial charge in [0.05, 0.1) is 0 Å². The fourth-order valence-electron chi connectivity index (χ4n) is 1.01. The van der Waals surface area contributed by atoms with Crippen LogP contribution in [0.15, 0.2) is 0 Å². The maximum Gasteiger partial charge on any atom is 0.317 e. The summed E-state index contributed by atoms with van der Waals surface area (Å²) < 4.78 is 10.7. The van der Waals surface area contributed by atoms with Crippen LogP contribution in [0.2, 0.25) is 0 Å². The van der Waals surface area contributed by atoms with Crippen molar-refractivity contribution in [3.05, 3.63) is 0 Å². The van der Waals surface area contributed by atoms with Crippen molar-refractivity contribution in [3.63, 3.8) is 0 Å². The van der Waals surface area contributed by atoms with Crippen LogP contribution in [0.3, 0.4) is 0 Å². The number of hydrogen-bond acceptors (Lipinski definition) is 3. The zero-order valence-electron chi connectivity index (χ0n) is 9.56. The maximum absolute atomic E-state index is 11.4. The summed E-state index contributed by atoms with van der Waals surface area (Å²) in [5, 5.41) is 11.0. The van der Waals surface area contributed by atoms with Crippen LogP contribution in [0, 0.1) is 0 Å². The zero-order chi connectivity index (χ0) is 12.6. The van der Waals surface area contributed by atoms with Crippen LogP contribution in [0.25, 0.3) is 0 Å². The van der Waals surface area contributed by atoms with Gasteiger partial charge in [0.15, 0.2) is 0 Å². The Hall–Kier alpha value is -1.11. The molecule has 0 radical (unpaired) electrons. The van der Waals surface area contributed by atoms with Gasteiger partial charge in [-0.1, -0.05) is 0 Å². The molecule has 2 N–H and O–H groups in total. The minimum Gasteiger partial charge on any atom is -0.481 e. The molecule has 1 unspecified atom stereocenters. The average Bonchev–Trinajstić information content (AvgIpc) is 2.16. The standard InChI is InChI=1S/C9H18N2O4S/c1-11(6-3-4-8(12)13)9(14)10-5-7-16(2)15/h3-7H2,1-2H3,(H,10,14)(H,12,13). The third-order valence-corrected chi connectivity index (χ3v) is 2.68. The zero-order valence-corrected chi connectivity index (χ0v) is 10.4. The van der Waals surface area contributed by atoms with Gasteiger partial charge in [0.2, 0.25) is 0 Å². The van der Waals surface area contributed by atoms with Crippen LogP contribution in [0.5, 0.6) is 0 Å². The summed E-state index contributed by atoms with van der Waals surface area (Å²) in [6.07, 6.45) is 2.05. The predicted octanol–water partition coefficient (Wildman–Crippen LogP) is -0.129. The van der Waals surface area contributed by atoms with E-state index in [0.717, 1.165) is 0 Å². The number of urea groups is 1. The van der Waals surface area contributed by atoms with Crippen molar-refractivity contribution in [3.8, 4) is 0 Å². The SMILES string of the molecule is CN(CCCC(=O)O)C(=O)NCCS(C)=O. The quantitative estimate of drug-likeness (QED) is 0.659. The van der Waals surface area contributed by atoms with Crippen LogP contribution >= 0.6 is 0 Å². The lowest BCUT2D eigenvalue weighted by Crippen LogP contribution is -2.39. The van der Waals surface area contributed by atoms with E-state index in [-0.39, 0.29) is 12.5 Å². The fraction of sp³-hybridized carbons (Fsp3) is 0.778. The molecule has 7 heteroatoms. The average molecular weight is 250 g/mol. The van der Waals surface area contributed by atoms with E-state index in [1.807, 2.05) is 0 Å². The minimum atomic E-state index is -0.918. The summed E-state index contributed by atoms with van der Waals surface area (Å²) in [5.74, 6) is -0.440. The first-order valence-electron chi connectivity index (χ1n) is 4.94. The Balaban J connectivity index is 3.64. The van der Waals surface area contributed by atoms with Crippen molar-refractivity contribution in [2.24, 2.45) is 0 Å². The van der Waals surface area contributed by atoms with Gasteiger partial charge in [-0.15, -0.1) is 0 Å². The smallest absolute Gasteiger partial charge is 0.317 e. The monoisotopic (exact) mass is 250 g/mol. The van der Waals surface area contributed by atoms with E-state index in [9.17, 15) is 13.8 Å². The second-order valence-corrected chi connectivity index (χ2v) is 4.98. The number of rotatable bonds is 7. The van der Waals surface area contributed by atoms with Gasteiger partial charge >= 0.3 is 12.0 Å². The Kier molecular flexibility index (Phi) is 7.53. The number of amides is 2. The van der Waals surface area contributed by atoms with Crippen molar-refractivity contribution < 1.29 is 18.9 Å². The molecule has 16 heavy (non-hydrogen) atoms. The lowest BCUT2D eigenvalue weighted by molar-refractivity contribution is -0.137. The number of carbonyl (C=O) groups is 2. The highest BCUT2D eigenvalue weighted by atomic mass is 32.2. The van der Waals surface area contributed by atoms with Crippen molar-refractivity contribution in [2.75, 3.05) is 32.1 Å². The largest absolute Gasteiger partial charge is 0.481 e. The normalized spacial score (nSPS) is 11.9. The van der Waals surface area contributed by atoms with Gasteiger partial charge in [0.25, 0.3) is 0 Å². The summed E-state index contributed by atoms with van der Waals surface area (Å²) in [7, 11) is 0.680. The molecule has 0 rings (SSSR count). The number of carboxylic acid groups (broad SMARTS) is 1. The molecule has 0 saturated carbocycles. The number of nitrogens with zero attached hydrogens (tertiary/aromatic N) is 1. The highest BCUT2D eigenvalue weighted by molar-refractivity contribution is 7.84. The highest BCUT2D eigenvalue weighted by Gasteiger charge is 2.08. The van der Waals surface area contributed by atoms with Gasteiger partial charge in [-0.25, -0.2) is 4.79 Å². The third kappa shape index (κ3) is 8.22. The first-order chi connectivity index (χ1) is 7.43. The summed E-state index contributed by atoms with van der Waals surface area (Å²) in [5.41, 5.74) is 0. The Morgan fingerprint density at radius 1 is 1.44 bits per heavy atom. The van der Waals surface area contributed by atoms with Crippen molar-refractivity contribution >= 4 is 22.8 Å². The van der Waals surface area contributed by atoms with Crippen LogP contribution < -0.4 is 5.32 Å². The van der Waals surface area contributed by atoms with Gasteiger partial charge < -0.3 is 15.3 Å². The number of aliphatic carboxylic acids is 1. The summed E-state index contributed by atoms with van der Waals surface area (Å²) in [4.78, 5) is 23.0. The molecular formula is C9H18N2O4S. The molecular weight excluding hydrogens is 232 g/mol. The summed E-state index contributed by atoms with van der Waals surface area (Å²) in [6.45, 7) is 0.762. The molecule has 94 valence electrons. The van der Waals surface area contributed by atoms with Gasteiger partial charge in [-0.2, -0.15) is 0 Å².